The number of hydrogen-bond acceptors (Lipinski definition) is 3. The highest BCUT2D eigenvalue weighted by molar-refractivity contribution is 5.70. The molecule has 4 heteroatoms. The van der Waals surface area contributed by atoms with Crippen LogP contribution in [0.1, 0.15) is 22.7 Å². The summed E-state index contributed by atoms with van der Waals surface area (Å²) in [6, 6.07) is 4.89. The van der Waals surface area contributed by atoms with E-state index < -0.39 is 12.0 Å². The first kappa shape index (κ1) is 11.7. The van der Waals surface area contributed by atoms with Crippen LogP contribution < -0.4 is 5.73 Å². The van der Waals surface area contributed by atoms with Gasteiger partial charge in [0.25, 0.3) is 0 Å². The van der Waals surface area contributed by atoms with Crippen LogP contribution in [0.5, 0.6) is 0 Å². The smallest absolute Gasteiger partial charge is 0.307 e. The number of benzene rings is 1. The summed E-state index contributed by atoms with van der Waals surface area (Å²) >= 11 is 0. The van der Waals surface area contributed by atoms with E-state index in [1.54, 1.807) is 18.2 Å². The minimum absolute atomic E-state index is 0.00941. The van der Waals surface area contributed by atoms with Crippen molar-refractivity contribution < 1.29 is 15.0 Å². The number of rotatable bonds is 4. The highest BCUT2D eigenvalue weighted by Gasteiger charge is 2.09. The fourth-order valence-electron chi connectivity index (χ4n) is 1.54. The van der Waals surface area contributed by atoms with Crippen molar-refractivity contribution >= 4 is 5.97 Å². The van der Waals surface area contributed by atoms with E-state index in [0.29, 0.717) is 0 Å². The zero-order chi connectivity index (χ0) is 11.4. The molecule has 82 valence electrons. The second kappa shape index (κ2) is 4.91. The van der Waals surface area contributed by atoms with E-state index in [1.165, 1.54) is 0 Å². The lowest BCUT2D eigenvalue weighted by Gasteiger charge is -2.12. The molecular formula is C11H15NO3. The van der Waals surface area contributed by atoms with Crippen LogP contribution in [0.3, 0.4) is 0 Å². The van der Waals surface area contributed by atoms with E-state index in [2.05, 4.69) is 0 Å². The first-order valence-corrected chi connectivity index (χ1v) is 4.72. The lowest BCUT2D eigenvalue weighted by molar-refractivity contribution is -0.136. The molecule has 0 bridgehead atoms. The second-order valence-corrected chi connectivity index (χ2v) is 3.55. The Morgan fingerprint density at radius 3 is 2.67 bits per heavy atom. The van der Waals surface area contributed by atoms with Crippen molar-refractivity contribution in [3.05, 3.63) is 34.9 Å². The van der Waals surface area contributed by atoms with Crippen LogP contribution >= 0.6 is 0 Å². The van der Waals surface area contributed by atoms with Crippen molar-refractivity contribution in [3.63, 3.8) is 0 Å². The molecule has 1 aromatic carbocycles. The van der Waals surface area contributed by atoms with Gasteiger partial charge < -0.3 is 15.9 Å². The third-order valence-electron chi connectivity index (χ3n) is 2.29. The van der Waals surface area contributed by atoms with Crippen LogP contribution in [-0.2, 0) is 11.2 Å². The molecule has 1 rings (SSSR count). The van der Waals surface area contributed by atoms with Gasteiger partial charge >= 0.3 is 5.97 Å². The van der Waals surface area contributed by atoms with E-state index in [-0.39, 0.29) is 13.0 Å². The van der Waals surface area contributed by atoms with Crippen LogP contribution in [0, 0.1) is 6.92 Å². The van der Waals surface area contributed by atoms with Crippen molar-refractivity contribution in [2.75, 3.05) is 6.61 Å². The lowest BCUT2D eigenvalue weighted by atomic mass is 9.99. The summed E-state index contributed by atoms with van der Waals surface area (Å²) in [5.41, 5.74) is 8.19. The van der Waals surface area contributed by atoms with Crippen LogP contribution in [0.25, 0.3) is 0 Å². The minimum atomic E-state index is -0.853. The van der Waals surface area contributed by atoms with Crippen molar-refractivity contribution in [1.29, 1.82) is 0 Å². The Kier molecular flexibility index (Phi) is 3.82. The normalized spacial score (nSPS) is 12.5. The SMILES string of the molecule is Cc1cc(CC(=O)O)ccc1[C@H](N)CO. The lowest BCUT2D eigenvalue weighted by Crippen LogP contribution is -2.16. The molecule has 0 unspecified atom stereocenters. The molecule has 0 fully saturated rings. The Labute approximate surface area is 88.3 Å². The van der Waals surface area contributed by atoms with Gasteiger partial charge in [-0.25, -0.2) is 0 Å². The van der Waals surface area contributed by atoms with Gasteiger partial charge in [0.1, 0.15) is 0 Å². The first-order valence-electron chi connectivity index (χ1n) is 4.72. The molecular weight excluding hydrogens is 194 g/mol. The minimum Gasteiger partial charge on any atom is -0.481 e. The van der Waals surface area contributed by atoms with Gasteiger partial charge in [0.05, 0.1) is 19.1 Å². The number of carboxylic acids is 1. The first-order chi connectivity index (χ1) is 7.04. The molecule has 0 saturated carbocycles. The Bertz CT molecular complexity index is 363. The van der Waals surface area contributed by atoms with E-state index in [4.69, 9.17) is 15.9 Å². The molecule has 0 aliphatic heterocycles. The summed E-state index contributed by atoms with van der Waals surface area (Å²) in [6.07, 6.45) is 0.00941. The van der Waals surface area contributed by atoms with Gasteiger partial charge in [-0.15, -0.1) is 0 Å². The number of nitrogens with two attached hydrogens (primary N) is 1. The predicted octanol–water partition coefficient (Wildman–Crippen LogP) is 0.614. The number of carboxylic acid groups (broad SMARTS) is 1. The largest absolute Gasteiger partial charge is 0.481 e. The molecule has 1 aromatic rings. The van der Waals surface area contributed by atoms with E-state index in [9.17, 15) is 4.79 Å². The zero-order valence-corrected chi connectivity index (χ0v) is 8.60. The number of aliphatic hydroxyl groups is 1. The molecule has 0 amide bonds. The number of carbonyl (C=O) groups is 1. The highest BCUT2D eigenvalue weighted by Crippen LogP contribution is 2.17. The maximum Gasteiger partial charge on any atom is 0.307 e. The fourth-order valence-corrected chi connectivity index (χ4v) is 1.54. The van der Waals surface area contributed by atoms with Crippen molar-refractivity contribution in [1.82, 2.24) is 0 Å². The van der Waals surface area contributed by atoms with E-state index >= 15 is 0 Å². The Hall–Kier alpha value is -1.39. The van der Waals surface area contributed by atoms with Gasteiger partial charge in [0.15, 0.2) is 0 Å². The summed E-state index contributed by atoms with van der Waals surface area (Å²) in [6.45, 7) is 1.75. The Balaban J connectivity index is 2.92. The molecule has 4 nitrogen and oxygen atoms in total. The summed E-state index contributed by atoms with van der Waals surface area (Å²) in [4.78, 5) is 10.5. The molecule has 0 saturated heterocycles. The predicted molar refractivity (Wildman–Crippen MR) is 56.5 cm³/mol. The second-order valence-electron chi connectivity index (χ2n) is 3.55. The average molecular weight is 209 g/mol. The van der Waals surface area contributed by atoms with Gasteiger partial charge in [-0.1, -0.05) is 18.2 Å². The molecule has 4 N–H and O–H groups in total. The molecule has 0 spiro atoms. The van der Waals surface area contributed by atoms with E-state index in [0.717, 1.165) is 16.7 Å². The van der Waals surface area contributed by atoms with Crippen molar-refractivity contribution in [3.8, 4) is 0 Å². The number of aryl methyl sites for hydroxylation is 1. The monoisotopic (exact) mass is 209 g/mol. The Morgan fingerprint density at radius 1 is 1.53 bits per heavy atom. The molecule has 0 radical (unpaired) electrons. The molecule has 1 atom stereocenters. The molecule has 0 aliphatic rings. The van der Waals surface area contributed by atoms with Gasteiger partial charge in [-0.05, 0) is 23.6 Å². The highest BCUT2D eigenvalue weighted by atomic mass is 16.4. The Morgan fingerprint density at radius 2 is 2.20 bits per heavy atom. The van der Waals surface area contributed by atoms with Crippen LogP contribution in [0.4, 0.5) is 0 Å². The maximum atomic E-state index is 10.5. The summed E-state index contributed by atoms with van der Waals surface area (Å²) < 4.78 is 0. The van der Waals surface area contributed by atoms with Gasteiger partial charge in [-0.3, -0.25) is 4.79 Å². The van der Waals surface area contributed by atoms with Gasteiger partial charge in [0, 0.05) is 0 Å². The molecule has 0 aliphatic carbocycles. The summed E-state index contributed by atoms with van der Waals surface area (Å²) in [5.74, 6) is -0.853. The average Bonchev–Trinajstić information content (AvgIpc) is 2.16. The van der Waals surface area contributed by atoms with Crippen molar-refractivity contribution in [2.24, 2.45) is 5.73 Å². The summed E-state index contributed by atoms with van der Waals surface area (Å²) in [5, 5.41) is 17.5. The van der Waals surface area contributed by atoms with E-state index in [1.807, 2.05) is 6.92 Å². The van der Waals surface area contributed by atoms with Gasteiger partial charge in [-0.2, -0.15) is 0 Å². The van der Waals surface area contributed by atoms with Crippen LogP contribution in [0.2, 0.25) is 0 Å². The van der Waals surface area contributed by atoms with Crippen molar-refractivity contribution in [2.45, 2.75) is 19.4 Å². The van der Waals surface area contributed by atoms with Crippen LogP contribution in [0.15, 0.2) is 18.2 Å². The molecule has 0 aromatic heterocycles. The quantitative estimate of drug-likeness (QED) is 0.678. The third-order valence-corrected chi connectivity index (χ3v) is 2.29. The van der Waals surface area contributed by atoms with Gasteiger partial charge in [0.2, 0.25) is 0 Å². The maximum absolute atomic E-state index is 10.5. The fraction of sp³-hybridized carbons (Fsp3) is 0.364. The van der Waals surface area contributed by atoms with Crippen LogP contribution in [-0.4, -0.2) is 22.8 Å². The topological polar surface area (TPSA) is 83.5 Å². The molecule has 0 heterocycles. The number of aliphatic hydroxyl groups excluding tert-OH is 1. The standard InChI is InChI=1S/C11H15NO3/c1-7-4-8(5-11(14)15)2-3-9(7)10(12)6-13/h2-4,10,13H,5-6,12H2,1H3,(H,14,15)/t10-/m1/s1. The number of hydrogen-bond donors (Lipinski definition) is 3. The zero-order valence-electron chi connectivity index (χ0n) is 8.60. The third kappa shape index (κ3) is 3.04. The number of aliphatic carboxylic acids is 1. The molecule has 15 heavy (non-hydrogen) atoms. The summed E-state index contributed by atoms with van der Waals surface area (Å²) in [7, 11) is 0.